The highest BCUT2D eigenvalue weighted by molar-refractivity contribution is 7.92. The lowest BCUT2D eigenvalue weighted by atomic mass is 10.5. The molecule has 1 heterocycles. The van der Waals surface area contributed by atoms with Crippen LogP contribution in [0.2, 0.25) is 0 Å². The van der Waals surface area contributed by atoms with Crippen molar-refractivity contribution in [3.63, 3.8) is 0 Å². The summed E-state index contributed by atoms with van der Waals surface area (Å²) in [7, 11) is 0. The van der Waals surface area contributed by atoms with Crippen molar-refractivity contribution in [1.29, 1.82) is 0 Å². The summed E-state index contributed by atoms with van der Waals surface area (Å²) in [6, 6.07) is 0. The van der Waals surface area contributed by atoms with Crippen molar-refractivity contribution in [3.8, 4) is 0 Å². The Morgan fingerprint density at radius 1 is 1.70 bits per heavy atom. The molecule has 1 unspecified atom stereocenters. The van der Waals surface area contributed by atoms with Crippen LogP contribution in [0.1, 0.15) is 13.3 Å². The van der Waals surface area contributed by atoms with E-state index in [9.17, 15) is 4.55 Å². The van der Waals surface area contributed by atoms with Crippen molar-refractivity contribution < 1.29 is 4.55 Å². The minimum atomic E-state index is -0.808. The van der Waals surface area contributed by atoms with Crippen LogP contribution in [0, 0.1) is 0 Å². The van der Waals surface area contributed by atoms with E-state index in [0.29, 0.717) is 0 Å². The quantitative estimate of drug-likeness (QED) is 0.601. The summed E-state index contributed by atoms with van der Waals surface area (Å²) in [5.41, 5.74) is 0. The summed E-state index contributed by atoms with van der Waals surface area (Å²) in [4.78, 5) is 0. The third-order valence-electron chi connectivity index (χ3n) is 1.25. The maximum atomic E-state index is 10.9. The van der Waals surface area contributed by atoms with E-state index >= 15 is 0 Å². The standard InChI is InChI=1S/C6H11NOS.ClH/c1-2-4-7-5-3-6-9(7)8;/h3,6H,2,4-5H2,1H3;1H. The fourth-order valence-corrected chi connectivity index (χ4v) is 1.85. The zero-order valence-electron chi connectivity index (χ0n) is 5.95. The van der Waals surface area contributed by atoms with Crippen molar-refractivity contribution in [3.05, 3.63) is 11.5 Å². The molecule has 0 aromatic heterocycles. The van der Waals surface area contributed by atoms with Crippen molar-refractivity contribution in [2.75, 3.05) is 13.1 Å². The Hall–Kier alpha value is 0.300. The summed E-state index contributed by atoms with van der Waals surface area (Å²) in [6.07, 6.45) is 3.03. The van der Waals surface area contributed by atoms with E-state index in [1.807, 2.05) is 10.4 Å². The minimum absolute atomic E-state index is 0. The minimum Gasteiger partial charge on any atom is -0.593 e. The number of hydrogen-bond donors (Lipinski definition) is 0. The highest BCUT2D eigenvalue weighted by atomic mass is 35.5. The maximum Gasteiger partial charge on any atom is 0.136 e. The van der Waals surface area contributed by atoms with Crippen LogP contribution in [0.15, 0.2) is 11.5 Å². The van der Waals surface area contributed by atoms with Crippen LogP contribution in [-0.4, -0.2) is 21.9 Å². The molecule has 4 heteroatoms. The van der Waals surface area contributed by atoms with Gasteiger partial charge in [0.15, 0.2) is 0 Å². The molecule has 0 bridgehead atoms. The summed E-state index contributed by atoms with van der Waals surface area (Å²) in [6.45, 7) is 3.90. The first kappa shape index (κ1) is 10.3. The summed E-state index contributed by atoms with van der Waals surface area (Å²) in [5.74, 6) is 0. The van der Waals surface area contributed by atoms with Crippen LogP contribution >= 0.6 is 12.4 Å². The molecule has 0 aromatic rings. The molecular formula is C6H12ClNOS. The lowest BCUT2D eigenvalue weighted by Crippen LogP contribution is -2.25. The second kappa shape index (κ2) is 5.02. The Balaban J connectivity index is 0.000000810. The molecule has 1 atom stereocenters. The van der Waals surface area contributed by atoms with Crippen LogP contribution in [0.25, 0.3) is 0 Å². The molecule has 1 aliphatic rings. The summed E-state index contributed by atoms with van der Waals surface area (Å²) >= 11 is -0.808. The predicted octanol–water partition coefficient (Wildman–Crippen LogP) is 1.31. The van der Waals surface area contributed by atoms with Crippen molar-refractivity contribution in [2.45, 2.75) is 13.3 Å². The van der Waals surface area contributed by atoms with E-state index in [-0.39, 0.29) is 12.4 Å². The first-order valence-corrected chi connectivity index (χ1v) is 4.34. The van der Waals surface area contributed by atoms with Crippen molar-refractivity contribution in [2.24, 2.45) is 0 Å². The SMILES string of the molecule is CCCN1CC=C[S+]1[O-].Cl. The van der Waals surface area contributed by atoms with Crippen LogP contribution in [0.5, 0.6) is 0 Å². The fourth-order valence-electron chi connectivity index (χ4n) is 0.833. The van der Waals surface area contributed by atoms with Gasteiger partial charge in [0.2, 0.25) is 0 Å². The average molecular weight is 182 g/mol. The van der Waals surface area contributed by atoms with Gasteiger partial charge in [0.05, 0.1) is 17.9 Å². The third kappa shape index (κ3) is 2.50. The molecule has 0 radical (unpaired) electrons. The maximum absolute atomic E-state index is 10.9. The summed E-state index contributed by atoms with van der Waals surface area (Å²) in [5, 5.41) is 1.75. The topological polar surface area (TPSA) is 26.3 Å². The van der Waals surface area contributed by atoms with Crippen LogP contribution in [0.3, 0.4) is 0 Å². The zero-order valence-corrected chi connectivity index (χ0v) is 7.58. The molecule has 0 aliphatic carbocycles. The fraction of sp³-hybridized carbons (Fsp3) is 0.667. The van der Waals surface area contributed by atoms with Gasteiger partial charge < -0.3 is 4.55 Å². The number of halogens is 1. The Morgan fingerprint density at radius 3 is 2.80 bits per heavy atom. The van der Waals surface area contributed by atoms with Gasteiger partial charge >= 0.3 is 0 Å². The van der Waals surface area contributed by atoms with Crippen molar-refractivity contribution >= 4 is 23.8 Å². The molecule has 0 fully saturated rings. The van der Waals surface area contributed by atoms with E-state index in [2.05, 4.69) is 6.92 Å². The number of nitrogens with zero attached hydrogens (tertiary/aromatic N) is 1. The Morgan fingerprint density at radius 2 is 2.40 bits per heavy atom. The molecule has 2 nitrogen and oxygen atoms in total. The van der Waals surface area contributed by atoms with E-state index in [4.69, 9.17) is 0 Å². The van der Waals surface area contributed by atoms with Crippen LogP contribution in [0.4, 0.5) is 0 Å². The Labute approximate surface area is 71.0 Å². The van der Waals surface area contributed by atoms with E-state index in [0.717, 1.165) is 19.5 Å². The van der Waals surface area contributed by atoms with Gasteiger partial charge in [-0.1, -0.05) is 6.92 Å². The van der Waals surface area contributed by atoms with Gasteiger partial charge in [0.1, 0.15) is 5.41 Å². The Kier molecular flexibility index (Phi) is 5.17. The van der Waals surface area contributed by atoms with Gasteiger partial charge in [0.25, 0.3) is 0 Å². The van der Waals surface area contributed by atoms with E-state index in [1.165, 1.54) is 0 Å². The largest absolute Gasteiger partial charge is 0.593 e. The van der Waals surface area contributed by atoms with Gasteiger partial charge in [-0.3, -0.25) is 0 Å². The monoisotopic (exact) mass is 181 g/mol. The van der Waals surface area contributed by atoms with Crippen LogP contribution in [-0.2, 0) is 11.4 Å². The van der Waals surface area contributed by atoms with Gasteiger partial charge in [-0.05, 0) is 12.5 Å². The smallest absolute Gasteiger partial charge is 0.136 e. The first-order valence-electron chi connectivity index (χ1n) is 3.17. The second-order valence-electron chi connectivity index (χ2n) is 2.04. The Bertz CT molecular complexity index is 120. The highest BCUT2D eigenvalue weighted by Gasteiger charge is 2.19. The van der Waals surface area contributed by atoms with Gasteiger partial charge in [0, 0.05) is 6.54 Å². The molecule has 0 aromatic carbocycles. The lowest BCUT2D eigenvalue weighted by molar-refractivity contribution is 0.457. The average Bonchev–Trinajstić information content (AvgIpc) is 2.18. The summed E-state index contributed by atoms with van der Waals surface area (Å²) < 4.78 is 12.9. The van der Waals surface area contributed by atoms with E-state index in [1.54, 1.807) is 5.41 Å². The third-order valence-corrected chi connectivity index (χ3v) is 2.52. The normalized spacial score (nSPS) is 24.8. The zero-order chi connectivity index (χ0) is 6.69. The predicted molar refractivity (Wildman–Crippen MR) is 46.4 cm³/mol. The second-order valence-corrected chi connectivity index (χ2v) is 3.38. The molecule has 1 rings (SSSR count). The number of hydrogen-bond acceptors (Lipinski definition) is 2. The molecule has 0 amide bonds. The highest BCUT2D eigenvalue weighted by Crippen LogP contribution is 2.10. The van der Waals surface area contributed by atoms with Crippen LogP contribution < -0.4 is 0 Å². The molecule has 10 heavy (non-hydrogen) atoms. The van der Waals surface area contributed by atoms with Crippen molar-refractivity contribution in [1.82, 2.24) is 4.31 Å². The van der Waals surface area contributed by atoms with Gasteiger partial charge in [-0.2, -0.15) is 0 Å². The molecule has 0 saturated carbocycles. The molecule has 0 spiro atoms. The van der Waals surface area contributed by atoms with Gasteiger partial charge in [-0.15, -0.1) is 16.7 Å². The molecule has 60 valence electrons. The molecular weight excluding hydrogens is 170 g/mol. The van der Waals surface area contributed by atoms with Gasteiger partial charge in [-0.25, -0.2) is 0 Å². The molecule has 1 aliphatic heterocycles. The molecule has 0 N–H and O–H groups in total. The first-order chi connectivity index (χ1) is 4.34. The van der Waals surface area contributed by atoms with E-state index < -0.39 is 11.4 Å². The molecule has 0 saturated heterocycles. The number of rotatable bonds is 2. The lowest BCUT2D eigenvalue weighted by Gasteiger charge is -2.13.